The summed E-state index contributed by atoms with van der Waals surface area (Å²) >= 11 is 6.17. The second-order valence-electron chi connectivity index (χ2n) is 6.57. The Labute approximate surface area is 164 Å². The first-order valence-electron chi connectivity index (χ1n) is 8.67. The van der Waals surface area contributed by atoms with Gasteiger partial charge in [0, 0.05) is 24.7 Å². The molecule has 0 bridgehead atoms. The number of nitrogens with one attached hydrogen (secondary N) is 1. The van der Waals surface area contributed by atoms with Crippen molar-refractivity contribution < 1.29 is 9.53 Å². The SMILES string of the molecule is Cl.O=C(C1CNCCO1)N1Cc2cc(Cl)ccc2CC1c1ccccc1. The highest BCUT2D eigenvalue weighted by atomic mass is 35.5. The predicted molar refractivity (Wildman–Crippen MR) is 105 cm³/mol. The lowest BCUT2D eigenvalue weighted by atomic mass is 9.89. The van der Waals surface area contributed by atoms with Gasteiger partial charge in [-0.1, -0.05) is 48.0 Å². The van der Waals surface area contributed by atoms with Gasteiger partial charge in [-0.25, -0.2) is 0 Å². The van der Waals surface area contributed by atoms with Crippen LogP contribution in [0, 0.1) is 0 Å². The Morgan fingerprint density at radius 2 is 1.96 bits per heavy atom. The molecular weight excluding hydrogens is 371 g/mol. The van der Waals surface area contributed by atoms with Crippen molar-refractivity contribution in [1.29, 1.82) is 0 Å². The van der Waals surface area contributed by atoms with E-state index in [2.05, 4.69) is 23.5 Å². The first kappa shape index (κ1) is 19.2. The van der Waals surface area contributed by atoms with Crippen LogP contribution in [-0.2, 0) is 22.5 Å². The summed E-state index contributed by atoms with van der Waals surface area (Å²) < 4.78 is 5.71. The Kier molecular flexibility index (Phi) is 6.20. The summed E-state index contributed by atoms with van der Waals surface area (Å²) in [5.41, 5.74) is 3.53. The molecular formula is C20H22Cl2N2O2. The first-order chi connectivity index (χ1) is 12.2. The molecule has 4 nitrogen and oxygen atoms in total. The van der Waals surface area contributed by atoms with Crippen LogP contribution in [0.2, 0.25) is 5.02 Å². The number of nitrogens with zero attached hydrogens (tertiary/aromatic N) is 1. The van der Waals surface area contributed by atoms with Crippen LogP contribution >= 0.6 is 24.0 Å². The van der Waals surface area contributed by atoms with Crippen LogP contribution in [-0.4, -0.2) is 36.6 Å². The second-order valence-corrected chi connectivity index (χ2v) is 7.01. The Morgan fingerprint density at radius 3 is 2.69 bits per heavy atom. The van der Waals surface area contributed by atoms with Gasteiger partial charge in [0.25, 0.3) is 5.91 Å². The van der Waals surface area contributed by atoms with Crippen molar-refractivity contribution in [3.8, 4) is 0 Å². The number of halogens is 2. The number of benzene rings is 2. The number of carbonyl (C=O) groups is 1. The summed E-state index contributed by atoms with van der Waals surface area (Å²) in [6.45, 7) is 2.50. The van der Waals surface area contributed by atoms with Crippen LogP contribution in [0.4, 0.5) is 0 Å². The highest BCUT2D eigenvalue weighted by Crippen LogP contribution is 2.35. The molecule has 2 atom stereocenters. The number of carbonyl (C=O) groups excluding carboxylic acids is 1. The van der Waals surface area contributed by atoms with E-state index >= 15 is 0 Å². The largest absolute Gasteiger partial charge is 0.366 e. The third kappa shape index (κ3) is 3.89. The lowest BCUT2D eigenvalue weighted by Crippen LogP contribution is -2.51. The number of morpholine rings is 1. The van der Waals surface area contributed by atoms with Gasteiger partial charge in [-0.05, 0) is 35.2 Å². The van der Waals surface area contributed by atoms with E-state index in [4.69, 9.17) is 16.3 Å². The van der Waals surface area contributed by atoms with Gasteiger partial charge in [-0.3, -0.25) is 4.79 Å². The third-order valence-electron chi connectivity index (χ3n) is 4.97. The minimum Gasteiger partial charge on any atom is -0.366 e. The molecule has 0 aliphatic carbocycles. The van der Waals surface area contributed by atoms with Crippen LogP contribution in [0.15, 0.2) is 48.5 Å². The molecule has 6 heteroatoms. The fraction of sp³-hybridized carbons (Fsp3) is 0.350. The Morgan fingerprint density at radius 1 is 1.15 bits per heavy atom. The maximum absolute atomic E-state index is 13.2. The summed E-state index contributed by atoms with van der Waals surface area (Å²) in [5.74, 6) is 0.0479. The van der Waals surface area contributed by atoms with Crippen molar-refractivity contribution in [2.75, 3.05) is 19.7 Å². The lowest BCUT2D eigenvalue weighted by molar-refractivity contribution is -0.149. The zero-order valence-electron chi connectivity index (χ0n) is 14.4. The molecule has 0 spiro atoms. The van der Waals surface area contributed by atoms with Gasteiger partial charge in [0.05, 0.1) is 12.6 Å². The number of fused-ring (bicyclic) bond motifs is 1. The molecule has 2 heterocycles. The predicted octanol–water partition coefficient (Wildman–Crippen LogP) is 3.38. The molecule has 1 N–H and O–H groups in total. The van der Waals surface area contributed by atoms with Crippen molar-refractivity contribution in [2.24, 2.45) is 0 Å². The maximum Gasteiger partial charge on any atom is 0.253 e. The summed E-state index contributed by atoms with van der Waals surface area (Å²) in [6.07, 6.45) is 0.378. The lowest BCUT2D eigenvalue weighted by Gasteiger charge is -2.39. The monoisotopic (exact) mass is 392 g/mol. The highest BCUT2D eigenvalue weighted by molar-refractivity contribution is 6.30. The van der Waals surface area contributed by atoms with Gasteiger partial charge in [0.2, 0.25) is 0 Å². The van der Waals surface area contributed by atoms with Crippen molar-refractivity contribution in [1.82, 2.24) is 10.2 Å². The molecule has 1 saturated heterocycles. The Hall–Kier alpha value is -1.59. The molecule has 4 rings (SSSR count). The molecule has 1 fully saturated rings. The zero-order valence-corrected chi connectivity index (χ0v) is 15.9. The van der Waals surface area contributed by atoms with E-state index in [-0.39, 0.29) is 24.4 Å². The molecule has 0 radical (unpaired) electrons. The van der Waals surface area contributed by atoms with E-state index in [0.717, 1.165) is 24.1 Å². The van der Waals surface area contributed by atoms with Gasteiger partial charge in [0.15, 0.2) is 0 Å². The third-order valence-corrected chi connectivity index (χ3v) is 5.20. The average molecular weight is 393 g/mol. The van der Waals surface area contributed by atoms with Crippen molar-refractivity contribution in [3.05, 3.63) is 70.2 Å². The van der Waals surface area contributed by atoms with Crippen molar-refractivity contribution >= 4 is 29.9 Å². The van der Waals surface area contributed by atoms with Crippen LogP contribution in [0.1, 0.15) is 22.7 Å². The summed E-state index contributed by atoms with van der Waals surface area (Å²) in [5, 5.41) is 3.95. The topological polar surface area (TPSA) is 41.6 Å². The Balaban J connectivity index is 0.00000196. The van der Waals surface area contributed by atoms with Crippen LogP contribution in [0.3, 0.4) is 0 Å². The molecule has 2 aromatic rings. The smallest absolute Gasteiger partial charge is 0.253 e. The second kappa shape index (κ2) is 8.40. The first-order valence-corrected chi connectivity index (χ1v) is 9.05. The van der Waals surface area contributed by atoms with Gasteiger partial charge in [-0.2, -0.15) is 0 Å². The van der Waals surface area contributed by atoms with E-state index in [1.54, 1.807) is 0 Å². The molecule has 2 aliphatic rings. The fourth-order valence-electron chi connectivity index (χ4n) is 3.67. The van der Waals surface area contributed by atoms with E-state index in [0.29, 0.717) is 24.7 Å². The summed E-state index contributed by atoms with van der Waals surface area (Å²) in [7, 11) is 0. The Bertz CT molecular complexity index is 764. The summed E-state index contributed by atoms with van der Waals surface area (Å²) in [6, 6.07) is 16.2. The molecule has 2 aromatic carbocycles. The highest BCUT2D eigenvalue weighted by Gasteiger charge is 2.35. The van der Waals surface area contributed by atoms with E-state index < -0.39 is 6.10 Å². The van der Waals surface area contributed by atoms with E-state index in [1.807, 2.05) is 35.2 Å². The number of hydrogen-bond donors (Lipinski definition) is 1. The van der Waals surface area contributed by atoms with Gasteiger partial charge >= 0.3 is 0 Å². The van der Waals surface area contributed by atoms with Gasteiger partial charge in [0.1, 0.15) is 6.10 Å². The number of ether oxygens (including phenoxy) is 1. The molecule has 0 saturated carbocycles. The van der Waals surface area contributed by atoms with Crippen molar-refractivity contribution in [3.63, 3.8) is 0 Å². The molecule has 1 amide bonds. The van der Waals surface area contributed by atoms with Crippen LogP contribution < -0.4 is 5.32 Å². The maximum atomic E-state index is 13.2. The van der Waals surface area contributed by atoms with E-state index in [1.165, 1.54) is 5.56 Å². The van der Waals surface area contributed by atoms with Crippen molar-refractivity contribution in [2.45, 2.75) is 25.1 Å². The normalized spacial score (nSPS) is 22.3. The van der Waals surface area contributed by atoms with Gasteiger partial charge < -0.3 is 15.0 Å². The van der Waals surface area contributed by atoms with Gasteiger partial charge in [-0.15, -0.1) is 12.4 Å². The molecule has 0 aromatic heterocycles. The summed E-state index contributed by atoms with van der Waals surface area (Å²) in [4.78, 5) is 15.1. The van der Waals surface area contributed by atoms with Crippen LogP contribution in [0.5, 0.6) is 0 Å². The minimum atomic E-state index is -0.416. The number of amides is 1. The van der Waals surface area contributed by atoms with Crippen LogP contribution in [0.25, 0.3) is 0 Å². The molecule has 2 unspecified atom stereocenters. The molecule has 2 aliphatic heterocycles. The molecule has 138 valence electrons. The number of rotatable bonds is 2. The average Bonchev–Trinajstić information content (AvgIpc) is 2.67. The fourth-order valence-corrected chi connectivity index (χ4v) is 3.86. The number of hydrogen-bond acceptors (Lipinski definition) is 3. The molecule has 26 heavy (non-hydrogen) atoms. The minimum absolute atomic E-state index is 0. The van der Waals surface area contributed by atoms with E-state index in [9.17, 15) is 4.79 Å². The standard InChI is InChI=1S/C20H21ClN2O2.ClH/c21-17-7-6-15-11-18(14-4-2-1-3-5-14)23(13-16(15)10-17)20(24)19-12-22-8-9-25-19;/h1-7,10,18-19,22H,8-9,11-13H2;1H. The quantitative estimate of drug-likeness (QED) is 0.851. The zero-order chi connectivity index (χ0) is 17.2.